The van der Waals surface area contributed by atoms with Crippen LogP contribution in [0.25, 0.3) is 0 Å². The molecule has 4 nitrogen and oxygen atoms in total. The lowest BCUT2D eigenvalue weighted by Gasteiger charge is -2.04. The second-order valence-corrected chi connectivity index (χ2v) is 4.03. The first kappa shape index (κ1) is 11.0. The molecule has 0 saturated heterocycles. The number of nitrogens with two attached hydrogens (primary N) is 1. The summed E-state index contributed by atoms with van der Waals surface area (Å²) in [5.74, 6) is 0.896. The van der Waals surface area contributed by atoms with Crippen molar-refractivity contribution in [2.45, 2.75) is 33.9 Å². The standard InChI is InChI=1S/C12H17N3O/c1-8-9(2)14-15(10(8)3)7-12-11(6-13)4-5-16-12/h4-5H,6-7,13H2,1-3H3. The van der Waals surface area contributed by atoms with Gasteiger partial charge in [0.25, 0.3) is 0 Å². The van der Waals surface area contributed by atoms with Crippen LogP contribution in [0.2, 0.25) is 0 Å². The Labute approximate surface area is 95.1 Å². The van der Waals surface area contributed by atoms with Crippen molar-refractivity contribution in [3.63, 3.8) is 0 Å². The molecular formula is C12H17N3O. The summed E-state index contributed by atoms with van der Waals surface area (Å²) in [4.78, 5) is 0. The van der Waals surface area contributed by atoms with Gasteiger partial charge in [-0.2, -0.15) is 5.10 Å². The van der Waals surface area contributed by atoms with Crippen LogP contribution >= 0.6 is 0 Å². The fraction of sp³-hybridized carbons (Fsp3) is 0.417. The lowest BCUT2D eigenvalue weighted by atomic mass is 10.2. The first-order valence-electron chi connectivity index (χ1n) is 5.39. The Morgan fingerprint density at radius 2 is 2.12 bits per heavy atom. The maximum absolute atomic E-state index is 5.63. The van der Waals surface area contributed by atoms with Crippen LogP contribution in [0.3, 0.4) is 0 Å². The van der Waals surface area contributed by atoms with Gasteiger partial charge in [0.05, 0.1) is 18.5 Å². The van der Waals surface area contributed by atoms with E-state index in [9.17, 15) is 0 Å². The van der Waals surface area contributed by atoms with E-state index < -0.39 is 0 Å². The molecule has 0 spiro atoms. The molecule has 2 aromatic heterocycles. The molecule has 0 fully saturated rings. The first-order chi connectivity index (χ1) is 7.63. The maximum atomic E-state index is 5.63. The van der Waals surface area contributed by atoms with Crippen LogP contribution in [0.1, 0.15) is 28.3 Å². The number of hydrogen-bond acceptors (Lipinski definition) is 3. The van der Waals surface area contributed by atoms with Gasteiger partial charge in [0, 0.05) is 17.8 Å². The van der Waals surface area contributed by atoms with Gasteiger partial charge in [0.15, 0.2) is 0 Å². The topological polar surface area (TPSA) is 57.0 Å². The van der Waals surface area contributed by atoms with E-state index in [0.29, 0.717) is 13.1 Å². The zero-order chi connectivity index (χ0) is 11.7. The predicted octanol–water partition coefficient (Wildman–Crippen LogP) is 1.91. The highest BCUT2D eigenvalue weighted by molar-refractivity contribution is 5.24. The smallest absolute Gasteiger partial charge is 0.129 e. The molecule has 86 valence electrons. The van der Waals surface area contributed by atoms with E-state index in [0.717, 1.165) is 17.0 Å². The zero-order valence-corrected chi connectivity index (χ0v) is 9.95. The molecule has 0 aliphatic rings. The van der Waals surface area contributed by atoms with Gasteiger partial charge in [-0.25, -0.2) is 0 Å². The van der Waals surface area contributed by atoms with Crippen LogP contribution in [0.15, 0.2) is 16.7 Å². The highest BCUT2D eigenvalue weighted by Gasteiger charge is 2.11. The molecule has 4 heteroatoms. The van der Waals surface area contributed by atoms with Crippen molar-refractivity contribution < 1.29 is 4.42 Å². The van der Waals surface area contributed by atoms with Crippen molar-refractivity contribution in [2.24, 2.45) is 5.73 Å². The Bertz CT molecular complexity index is 496. The van der Waals surface area contributed by atoms with E-state index in [2.05, 4.69) is 18.9 Å². The number of aryl methyl sites for hydroxylation is 1. The third-order valence-corrected chi connectivity index (χ3v) is 3.09. The highest BCUT2D eigenvalue weighted by Crippen LogP contribution is 2.16. The van der Waals surface area contributed by atoms with Gasteiger partial charge in [-0.3, -0.25) is 4.68 Å². The molecular weight excluding hydrogens is 202 g/mol. The third-order valence-electron chi connectivity index (χ3n) is 3.09. The highest BCUT2D eigenvalue weighted by atomic mass is 16.3. The van der Waals surface area contributed by atoms with Crippen LogP contribution in [0, 0.1) is 20.8 Å². The van der Waals surface area contributed by atoms with Gasteiger partial charge in [-0.15, -0.1) is 0 Å². The largest absolute Gasteiger partial charge is 0.467 e. The van der Waals surface area contributed by atoms with Crippen LogP contribution in [0.4, 0.5) is 0 Å². The summed E-state index contributed by atoms with van der Waals surface area (Å²) in [6, 6.07) is 1.91. The Morgan fingerprint density at radius 1 is 1.38 bits per heavy atom. The number of hydrogen-bond donors (Lipinski definition) is 1. The second-order valence-electron chi connectivity index (χ2n) is 4.03. The lowest BCUT2D eigenvalue weighted by molar-refractivity contribution is 0.471. The summed E-state index contributed by atoms with van der Waals surface area (Å²) in [6.45, 7) is 7.33. The van der Waals surface area contributed by atoms with Gasteiger partial charge in [-0.05, 0) is 32.4 Å². The van der Waals surface area contributed by atoms with Crippen molar-refractivity contribution in [2.75, 3.05) is 0 Å². The average Bonchev–Trinajstić information content (AvgIpc) is 2.81. The first-order valence-corrected chi connectivity index (χ1v) is 5.39. The van der Waals surface area contributed by atoms with E-state index in [-0.39, 0.29) is 0 Å². The summed E-state index contributed by atoms with van der Waals surface area (Å²) in [5.41, 5.74) is 10.2. The van der Waals surface area contributed by atoms with E-state index in [1.54, 1.807) is 6.26 Å². The monoisotopic (exact) mass is 219 g/mol. The van der Waals surface area contributed by atoms with Crippen LogP contribution in [0.5, 0.6) is 0 Å². The molecule has 0 atom stereocenters. The van der Waals surface area contributed by atoms with Crippen molar-refractivity contribution >= 4 is 0 Å². The predicted molar refractivity (Wildman–Crippen MR) is 62.1 cm³/mol. The number of furan rings is 1. The van der Waals surface area contributed by atoms with Gasteiger partial charge in [-0.1, -0.05) is 0 Å². The third kappa shape index (κ3) is 1.76. The van der Waals surface area contributed by atoms with Crippen LogP contribution < -0.4 is 5.73 Å². The normalized spacial score (nSPS) is 11.0. The molecule has 0 radical (unpaired) electrons. The van der Waals surface area contributed by atoms with E-state index >= 15 is 0 Å². The summed E-state index contributed by atoms with van der Waals surface area (Å²) >= 11 is 0. The number of rotatable bonds is 3. The molecule has 2 N–H and O–H groups in total. The molecule has 0 saturated carbocycles. The molecule has 0 amide bonds. The Hall–Kier alpha value is -1.55. The average molecular weight is 219 g/mol. The Morgan fingerprint density at radius 3 is 2.69 bits per heavy atom. The van der Waals surface area contributed by atoms with Gasteiger partial charge in [0.2, 0.25) is 0 Å². The van der Waals surface area contributed by atoms with Gasteiger partial charge >= 0.3 is 0 Å². The molecule has 0 aromatic carbocycles. The maximum Gasteiger partial charge on any atom is 0.129 e. The molecule has 16 heavy (non-hydrogen) atoms. The molecule has 2 heterocycles. The molecule has 0 unspecified atom stereocenters. The summed E-state index contributed by atoms with van der Waals surface area (Å²) in [5, 5.41) is 4.48. The minimum atomic E-state index is 0.504. The minimum absolute atomic E-state index is 0.504. The summed E-state index contributed by atoms with van der Waals surface area (Å²) in [7, 11) is 0. The fourth-order valence-corrected chi connectivity index (χ4v) is 1.76. The summed E-state index contributed by atoms with van der Waals surface area (Å²) in [6.07, 6.45) is 1.68. The SMILES string of the molecule is Cc1nn(Cc2occc2CN)c(C)c1C. The Kier molecular flexibility index (Phi) is 2.83. The van der Waals surface area contributed by atoms with E-state index in [4.69, 9.17) is 10.2 Å². The number of aromatic nitrogens is 2. The minimum Gasteiger partial charge on any atom is -0.467 e. The van der Waals surface area contributed by atoms with Crippen molar-refractivity contribution in [1.29, 1.82) is 0 Å². The number of nitrogens with zero attached hydrogens (tertiary/aromatic N) is 2. The molecule has 2 aromatic rings. The lowest BCUT2D eigenvalue weighted by Crippen LogP contribution is -2.07. The van der Waals surface area contributed by atoms with Crippen molar-refractivity contribution in [1.82, 2.24) is 9.78 Å². The van der Waals surface area contributed by atoms with Gasteiger partial charge in [0.1, 0.15) is 5.76 Å². The molecule has 2 rings (SSSR count). The molecule has 0 aliphatic heterocycles. The van der Waals surface area contributed by atoms with Crippen LogP contribution in [-0.2, 0) is 13.1 Å². The Balaban J connectivity index is 2.30. The summed E-state index contributed by atoms with van der Waals surface area (Å²) < 4.78 is 7.38. The van der Waals surface area contributed by atoms with Crippen LogP contribution in [-0.4, -0.2) is 9.78 Å². The zero-order valence-electron chi connectivity index (χ0n) is 9.95. The fourth-order valence-electron chi connectivity index (χ4n) is 1.76. The van der Waals surface area contributed by atoms with E-state index in [1.165, 1.54) is 11.3 Å². The van der Waals surface area contributed by atoms with Crippen molar-refractivity contribution in [3.05, 3.63) is 40.6 Å². The quantitative estimate of drug-likeness (QED) is 0.857. The molecule has 0 aliphatic carbocycles. The van der Waals surface area contributed by atoms with Gasteiger partial charge < -0.3 is 10.2 Å². The van der Waals surface area contributed by atoms with E-state index in [1.807, 2.05) is 17.7 Å². The molecule has 0 bridgehead atoms. The second kappa shape index (κ2) is 4.14. The van der Waals surface area contributed by atoms with Crippen molar-refractivity contribution in [3.8, 4) is 0 Å².